The van der Waals surface area contributed by atoms with Gasteiger partial charge in [0.15, 0.2) is 0 Å². The van der Waals surface area contributed by atoms with E-state index in [0.717, 1.165) is 23.1 Å². The lowest BCUT2D eigenvalue weighted by Crippen LogP contribution is -2.38. The van der Waals surface area contributed by atoms with Gasteiger partial charge in [0.05, 0.1) is 6.04 Å². The molecule has 0 bridgehead atoms. The van der Waals surface area contributed by atoms with Gasteiger partial charge >= 0.3 is 0 Å². The maximum atomic E-state index is 14.4. The largest absolute Gasteiger partial charge is 0.271 e. The molecule has 0 amide bonds. The van der Waals surface area contributed by atoms with E-state index in [1.54, 1.807) is 6.07 Å². The van der Waals surface area contributed by atoms with Gasteiger partial charge in [-0.15, -0.1) is 0 Å². The van der Waals surface area contributed by atoms with E-state index in [4.69, 9.17) is 5.84 Å². The van der Waals surface area contributed by atoms with E-state index >= 15 is 0 Å². The molecule has 2 nitrogen and oxygen atoms in total. The first-order chi connectivity index (χ1) is 8.86. The Kier molecular flexibility index (Phi) is 3.98. The van der Waals surface area contributed by atoms with Crippen LogP contribution in [0.3, 0.4) is 0 Å². The molecule has 1 aliphatic rings. The van der Waals surface area contributed by atoms with Gasteiger partial charge in [-0.2, -0.15) is 0 Å². The number of nitrogens with one attached hydrogen (secondary N) is 1. The maximum Gasteiger partial charge on any atom is 0.128 e. The minimum Gasteiger partial charge on any atom is -0.271 e. The van der Waals surface area contributed by atoms with Crippen molar-refractivity contribution in [1.29, 1.82) is 0 Å². The van der Waals surface area contributed by atoms with Crippen molar-refractivity contribution in [2.75, 3.05) is 0 Å². The monoisotopic (exact) mass is 264 g/mol. The molecule has 1 aromatic carbocycles. The second-order valence-electron chi connectivity index (χ2n) is 6.61. The van der Waals surface area contributed by atoms with Gasteiger partial charge in [-0.25, -0.2) is 4.39 Å². The SMILES string of the molecule is Cc1cc(C)c(C(NN)C2CCCC2(C)C)c(F)c1. The molecule has 1 saturated carbocycles. The quantitative estimate of drug-likeness (QED) is 0.644. The van der Waals surface area contributed by atoms with Gasteiger partial charge in [0.1, 0.15) is 5.82 Å². The molecule has 1 aliphatic carbocycles. The van der Waals surface area contributed by atoms with Crippen LogP contribution in [0.25, 0.3) is 0 Å². The average molecular weight is 264 g/mol. The third-order valence-corrected chi connectivity index (χ3v) is 4.71. The van der Waals surface area contributed by atoms with Crippen LogP contribution in [0, 0.1) is 31.0 Å². The standard InChI is InChI=1S/C16H25FN2/c1-10-8-11(2)14(13(17)9-10)15(19-18)12-6-5-7-16(12,3)4/h8-9,12,15,19H,5-7,18H2,1-4H3. The minimum atomic E-state index is -0.136. The van der Waals surface area contributed by atoms with E-state index in [1.165, 1.54) is 12.8 Å². The van der Waals surface area contributed by atoms with Gasteiger partial charge in [0.25, 0.3) is 0 Å². The fourth-order valence-corrected chi connectivity index (χ4v) is 3.69. The lowest BCUT2D eigenvalue weighted by molar-refractivity contribution is 0.195. The number of rotatable bonds is 3. The number of hydrogen-bond donors (Lipinski definition) is 2. The highest BCUT2D eigenvalue weighted by Crippen LogP contribution is 2.49. The second-order valence-corrected chi connectivity index (χ2v) is 6.61. The smallest absolute Gasteiger partial charge is 0.128 e. The van der Waals surface area contributed by atoms with Gasteiger partial charge in [-0.3, -0.25) is 11.3 Å². The van der Waals surface area contributed by atoms with E-state index < -0.39 is 0 Å². The Bertz CT molecular complexity index is 445. The average Bonchev–Trinajstić information content (AvgIpc) is 2.63. The normalized spacial score (nSPS) is 23.6. The molecule has 0 radical (unpaired) electrons. The molecule has 0 spiro atoms. The molecule has 0 aromatic heterocycles. The van der Waals surface area contributed by atoms with E-state index in [-0.39, 0.29) is 17.3 Å². The van der Waals surface area contributed by atoms with Gasteiger partial charge in [-0.1, -0.05) is 26.3 Å². The van der Waals surface area contributed by atoms with Crippen LogP contribution in [0.4, 0.5) is 4.39 Å². The van der Waals surface area contributed by atoms with Crippen molar-refractivity contribution in [3.8, 4) is 0 Å². The van der Waals surface area contributed by atoms with Crippen LogP contribution >= 0.6 is 0 Å². The lowest BCUT2D eigenvalue weighted by atomic mass is 9.75. The maximum absolute atomic E-state index is 14.4. The summed E-state index contributed by atoms with van der Waals surface area (Å²) in [6, 6.07) is 3.54. The zero-order valence-electron chi connectivity index (χ0n) is 12.4. The van der Waals surface area contributed by atoms with Crippen LogP contribution < -0.4 is 11.3 Å². The Morgan fingerprint density at radius 1 is 1.37 bits per heavy atom. The molecule has 3 heteroatoms. The highest BCUT2D eigenvalue weighted by Gasteiger charge is 2.41. The van der Waals surface area contributed by atoms with Crippen LogP contribution in [-0.4, -0.2) is 0 Å². The minimum absolute atomic E-state index is 0.0990. The fraction of sp³-hybridized carbons (Fsp3) is 0.625. The summed E-state index contributed by atoms with van der Waals surface area (Å²) in [6.07, 6.45) is 3.49. The van der Waals surface area contributed by atoms with Gasteiger partial charge in [0, 0.05) is 5.56 Å². The van der Waals surface area contributed by atoms with Gasteiger partial charge in [-0.05, 0) is 55.2 Å². The van der Waals surface area contributed by atoms with Crippen LogP contribution in [0.1, 0.15) is 55.8 Å². The first-order valence-electron chi connectivity index (χ1n) is 7.09. The number of hydrogen-bond acceptors (Lipinski definition) is 2. The van der Waals surface area contributed by atoms with Crippen LogP contribution in [-0.2, 0) is 0 Å². The number of aryl methyl sites for hydroxylation is 2. The van der Waals surface area contributed by atoms with Crippen molar-refractivity contribution in [3.63, 3.8) is 0 Å². The summed E-state index contributed by atoms with van der Waals surface area (Å²) in [5.74, 6) is 6.01. The summed E-state index contributed by atoms with van der Waals surface area (Å²) in [4.78, 5) is 0. The van der Waals surface area contributed by atoms with Crippen LogP contribution in [0.2, 0.25) is 0 Å². The molecule has 0 aliphatic heterocycles. The van der Waals surface area contributed by atoms with E-state index in [2.05, 4.69) is 19.3 Å². The second kappa shape index (κ2) is 5.22. The Morgan fingerprint density at radius 2 is 2.05 bits per heavy atom. The van der Waals surface area contributed by atoms with Crippen molar-refractivity contribution in [2.24, 2.45) is 17.2 Å². The third-order valence-electron chi connectivity index (χ3n) is 4.71. The predicted octanol–water partition coefficient (Wildman–Crippen LogP) is 3.77. The summed E-state index contributed by atoms with van der Waals surface area (Å²) >= 11 is 0. The first-order valence-corrected chi connectivity index (χ1v) is 7.09. The molecule has 1 fully saturated rings. The van der Waals surface area contributed by atoms with Gasteiger partial charge in [0.2, 0.25) is 0 Å². The Balaban J connectivity index is 2.43. The molecule has 0 heterocycles. The summed E-state index contributed by atoms with van der Waals surface area (Å²) in [5.41, 5.74) is 5.78. The molecule has 106 valence electrons. The van der Waals surface area contributed by atoms with Gasteiger partial charge < -0.3 is 0 Å². The summed E-state index contributed by atoms with van der Waals surface area (Å²) in [5, 5.41) is 0. The van der Waals surface area contributed by atoms with Crippen molar-refractivity contribution in [1.82, 2.24) is 5.43 Å². The van der Waals surface area contributed by atoms with Crippen molar-refractivity contribution in [2.45, 2.75) is 53.0 Å². The lowest BCUT2D eigenvalue weighted by Gasteiger charge is -2.35. The number of nitrogens with two attached hydrogens (primary N) is 1. The Hall–Kier alpha value is -0.930. The first kappa shape index (κ1) is 14.5. The predicted molar refractivity (Wildman–Crippen MR) is 77.1 cm³/mol. The molecule has 0 saturated heterocycles. The van der Waals surface area contributed by atoms with Crippen molar-refractivity contribution < 1.29 is 4.39 Å². The Morgan fingerprint density at radius 3 is 2.53 bits per heavy atom. The van der Waals surface area contributed by atoms with E-state index in [1.807, 2.05) is 19.9 Å². The summed E-state index contributed by atoms with van der Waals surface area (Å²) in [6.45, 7) is 8.41. The summed E-state index contributed by atoms with van der Waals surface area (Å²) in [7, 11) is 0. The Labute approximate surface area is 115 Å². The van der Waals surface area contributed by atoms with Crippen LogP contribution in [0.15, 0.2) is 12.1 Å². The topological polar surface area (TPSA) is 38.0 Å². The molecular weight excluding hydrogens is 239 g/mol. The molecule has 2 unspecified atom stereocenters. The molecule has 1 aromatic rings. The zero-order valence-corrected chi connectivity index (χ0v) is 12.4. The zero-order chi connectivity index (χ0) is 14.2. The highest BCUT2D eigenvalue weighted by molar-refractivity contribution is 5.35. The highest BCUT2D eigenvalue weighted by atomic mass is 19.1. The number of hydrazine groups is 1. The van der Waals surface area contributed by atoms with Crippen molar-refractivity contribution >= 4 is 0 Å². The fourth-order valence-electron chi connectivity index (χ4n) is 3.69. The number of halogens is 1. The van der Waals surface area contributed by atoms with Crippen molar-refractivity contribution in [3.05, 3.63) is 34.6 Å². The van der Waals surface area contributed by atoms with Crippen LogP contribution in [0.5, 0.6) is 0 Å². The van der Waals surface area contributed by atoms with E-state index in [0.29, 0.717) is 5.92 Å². The molecule has 3 N–H and O–H groups in total. The molecule has 2 rings (SSSR count). The van der Waals surface area contributed by atoms with E-state index in [9.17, 15) is 4.39 Å². The molecule has 2 atom stereocenters. The number of benzene rings is 1. The summed E-state index contributed by atoms with van der Waals surface area (Å²) < 4.78 is 14.4. The third kappa shape index (κ3) is 2.67. The molecular formula is C16H25FN2. The molecule has 19 heavy (non-hydrogen) atoms.